The predicted molar refractivity (Wildman–Crippen MR) is 125 cm³/mol. The highest BCUT2D eigenvalue weighted by Gasteiger charge is 2.28. The van der Waals surface area contributed by atoms with Gasteiger partial charge in [-0.2, -0.15) is 0 Å². The van der Waals surface area contributed by atoms with Gasteiger partial charge in [0.05, 0.1) is 0 Å². The molecule has 0 saturated heterocycles. The van der Waals surface area contributed by atoms with Crippen LogP contribution in [0.1, 0.15) is 46.4 Å². The Morgan fingerprint density at radius 3 is 1.66 bits per heavy atom. The van der Waals surface area contributed by atoms with Gasteiger partial charge in [-0.25, -0.2) is 0 Å². The number of ether oxygens (including phenoxy) is 2. The molecule has 1 saturated carbocycles. The van der Waals surface area contributed by atoms with Crippen molar-refractivity contribution in [2.45, 2.75) is 37.8 Å². The molecule has 0 bridgehead atoms. The second-order valence-electron chi connectivity index (χ2n) is 7.70. The van der Waals surface area contributed by atoms with Crippen LogP contribution in [-0.2, 0) is 0 Å². The van der Waals surface area contributed by atoms with E-state index in [2.05, 4.69) is 23.8 Å². The minimum atomic E-state index is -0.181. The third-order valence-electron chi connectivity index (χ3n) is 5.33. The van der Waals surface area contributed by atoms with E-state index < -0.39 is 0 Å². The Labute approximate surface area is 189 Å². The molecule has 0 aromatic heterocycles. The molecule has 3 rings (SSSR count). The maximum atomic E-state index is 12.9. The average Bonchev–Trinajstić information content (AvgIpc) is 2.83. The van der Waals surface area contributed by atoms with Crippen LogP contribution in [0.4, 0.5) is 0 Å². The summed E-state index contributed by atoms with van der Waals surface area (Å²) in [7, 11) is 0. The first-order chi connectivity index (χ1) is 15.6. The minimum absolute atomic E-state index is 0.141. The summed E-state index contributed by atoms with van der Waals surface area (Å²) in [4.78, 5) is 25.7. The number of rotatable bonds is 10. The maximum Gasteiger partial charge on any atom is 0.251 e. The van der Waals surface area contributed by atoms with Crippen LogP contribution in [0.25, 0.3) is 0 Å². The lowest BCUT2D eigenvalue weighted by Gasteiger charge is -2.33. The average molecular weight is 435 g/mol. The Morgan fingerprint density at radius 2 is 1.25 bits per heavy atom. The molecule has 0 heterocycles. The smallest absolute Gasteiger partial charge is 0.251 e. The normalized spacial score (nSPS) is 17.6. The molecule has 2 atom stereocenters. The van der Waals surface area contributed by atoms with E-state index in [1.807, 2.05) is 0 Å². The summed E-state index contributed by atoms with van der Waals surface area (Å²) in [5, 5.41) is 6.20. The van der Waals surface area contributed by atoms with Crippen molar-refractivity contribution in [2.75, 3.05) is 13.2 Å². The lowest BCUT2D eigenvalue weighted by atomic mass is 9.89. The maximum absolute atomic E-state index is 12.9. The zero-order valence-corrected chi connectivity index (χ0v) is 18.2. The second kappa shape index (κ2) is 11.7. The Balaban J connectivity index is 1.64. The van der Waals surface area contributed by atoms with Crippen molar-refractivity contribution in [1.82, 2.24) is 10.6 Å². The van der Waals surface area contributed by atoms with E-state index in [1.54, 1.807) is 60.7 Å². The summed E-state index contributed by atoms with van der Waals surface area (Å²) >= 11 is 0. The van der Waals surface area contributed by atoms with Crippen molar-refractivity contribution < 1.29 is 19.1 Å². The van der Waals surface area contributed by atoms with Crippen molar-refractivity contribution in [3.63, 3.8) is 0 Å². The molecule has 0 aliphatic heterocycles. The Morgan fingerprint density at radius 1 is 0.812 bits per heavy atom. The molecule has 6 heteroatoms. The molecule has 1 fully saturated rings. The minimum Gasteiger partial charge on any atom is -0.490 e. The third kappa shape index (κ3) is 6.48. The molecule has 0 spiro atoms. The van der Waals surface area contributed by atoms with E-state index in [0.29, 0.717) is 35.8 Å². The van der Waals surface area contributed by atoms with Gasteiger partial charge >= 0.3 is 0 Å². The van der Waals surface area contributed by atoms with Crippen LogP contribution in [0.5, 0.6) is 11.5 Å². The fourth-order valence-electron chi connectivity index (χ4n) is 3.74. The molecule has 1 aliphatic carbocycles. The predicted octanol–water partition coefficient (Wildman–Crippen LogP) is 4.29. The largest absolute Gasteiger partial charge is 0.490 e. The van der Waals surface area contributed by atoms with Gasteiger partial charge in [-0.1, -0.05) is 50.3 Å². The highest BCUT2D eigenvalue weighted by Crippen LogP contribution is 2.21. The molecular formula is C26H30N2O4. The SMILES string of the molecule is C=CCOc1cccc(C(=O)N[C@@H]2CCCC[C@H]2NC(=O)c2cccc(OCC=C)c2)c1. The standard InChI is InChI=1S/C26H30N2O4/c1-3-15-31-21-11-7-9-19(17-21)25(29)27-23-13-5-6-14-24(23)28-26(30)20-10-8-12-22(18-20)32-16-4-2/h3-4,7-12,17-18,23-24H,1-2,5-6,13-16H2,(H,27,29)(H,28,30)/t23-,24-/m1/s1. The molecule has 32 heavy (non-hydrogen) atoms. The van der Waals surface area contributed by atoms with Crippen molar-refractivity contribution in [2.24, 2.45) is 0 Å². The van der Waals surface area contributed by atoms with E-state index in [0.717, 1.165) is 25.7 Å². The van der Waals surface area contributed by atoms with Crippen LogP contribution >= 0.6 is 0 Å². The van der Waals surface area contributed by atoms with Gasteiger partial charge in [0.2, 0.25) is 0 Å². The molecule has 2 amide bonds. The molecule has 0 radical (unpaired) electrons. The summed E-state index contributed by atoms with van der Waals surface area (Å²) < 4.78 is 11.0. The summed E-state index contributed by atoms with van der Waals surface area (Å²) in [5.41, 5.74) is 1.04. The van der Waals surface area contributed by atoms with E-state index >= 15 is 0 Å². The van der Waals surface area contributed by atoms with E-state index in [1.165, 1.54) is 0 Å². The molecule has 1 aliphatic rings. The van der Waals surface area contributed by atoms with Crippen molar-refractivity contribution in [3.8, 4) is 11.5 Å². The fraction of sp³-hybridized carbons (Fsp3) is 0.308. The molecule has 2 aromatic carbocycles. The van der Waals surface area contributed by atoms with Gasteiger partial charge in [0.15, 0.2) is 0 Å². The first kappa shape index (κ1) is 23.1. The first-order valence-electron chi connectivity index (χ1n) is 10.9. The van der Waals surface area contributed by atoms with Crippen LogP contribution in [0.15, 0.2) is 73.8 Å². The zero-order chi connectivity index (χ0) is 22.8. The van der Waals surface area contributed by atoms with Gasteiger partial charge in [0, 0.05) is 23.2 Å². The monoisotopic (exact) mass is 434 g/mol. The Kier molecular flexibility index (Phi) is 8.49. The lowest BCUT2D eigenvalue weighted by Crippen LogP contribution is -2.53. The number of carbonyl (C=O) groups excluding carboxylic acids is 2. The molecule has 2 N–H and O–H groups in total. The van der Waals surface area contributed by atoms with Crippen LogP contribution < -0.4 is 20.1 Å². The number of hydrogen-bond donors (Lipinski definition) is 2. The zero-order valence-electron chi connectivity index (χ0n) is 18.2. The fourth-order valence-corrected chi connectivity index (χ4v) is 3.74. The van der Waals surface area contributed by atoms with E-state index in [-0.39, 0.29) is 23.9 Å². The van der Waals surface area contributed by atoms with Crippen LogP contribution in [-0.4, -0.2) is 37.1 Å². The highest BCUT2D eigenvalue weighted by atomic mass is 16.5. The van der Waals surface area contributed by atoms with Crippen LogP contribution in [0, 0.1) is 0 Å². The highest BCUT2D eigenvalue weighted by molar-refractivity contribution is 5.96. The van der Waals surface area contributed by atoms with Gasteiger partial charge in [-0.05, 0) is 49.2 Å². The summed E-state index contributed by atoms with van der Waals surface area (Å²) in [5.74, 6) is 0.870. The lowest BCUT2D eigenvalue weighted by molar-refractivity contribution is 0.0862. The quantitative estimate of drug-likeness (QED) is 0.547. The van der Waals surface area contributed by atoms with Crippen molar-refractivity contribution in [3.05, 3.63) is 85.0 Å². The van der Waals surface area contributed by atoms with E-state index in [4.69, 9.17) is 9.47 Å². The number of carbonyl (C=O) groups is 2. The number of benzene rings is 2. The Bertz CT molecular complexity index is 879. The topological polar surface area (TPSA) is 76.7 Å². The molecule has 2 aromatic rings. The molecule has 0 unspecified atom stereocenters. The summed E-state index contributed by atoms with van der Waals surface area (Å²) in [6.45, 7) is 8.02. The molecule has 6 nitrogen and oxygen atoms in total. The number of hydrogen-bond acceptors (Lipinski definition) is 4. The van der Waals surface area contributed by atoms with Gasteiger partial charge < -0.3 is 20.1 Å². The van der Waals surface area contributed by atoms with Gasteiger partial charge in [-0.3, -0.25) is 9.59 Å². The Hall–Kier alpha value is -3.54. The van der Waals surface area contributed by atoms with Crippen molar-refractivity contribution >= 4 is 11.8 Å². The van der Waals surface area contributed by atoms with E-state index in [9.17, 15) is 9.59 Å². The number of nitrogens with one attached hydrogen (secondary N) is 2. The van der Waals surface area contributed by atoms with Crippen LogP contribution in [0.2, 0.25) is 0 Å². The van der Waals surface area contributed by atoms with Gasteiger partial charge in [0.25, 0.3) is 11.8 Å². The third-order valence-corrected chi connectivity index (χ3v) is 5.33. The summed E-state index contributed by atoms with van der Waals surface area (Å²) in [6, 6.07) is 13.8. The molecule has 168 valence electrons. The second-order valence-corrected chi connectivity index (χ2v) is 7.70. The molecular weight excluding hydrogens is 404 g/mol. The van der Waals surface area contributed by atoms with Gasteiger partial charge in [0.1, 0.15) is 24.7 Å². The van der Waals surface area contributed by atoms with Crippen LogP contribution in [0.3, 0.4) is 0 Å². The summed E-state index contributed by atoms with van der Waals surface area (Å²) in [6.07, 6.45) is 6.94. The van der Waals surface area contributed by atoms with Crippen molar-refractivity contribution in [1.29, 1.82) is 0 Å². The first-order valence-corrected chi connectivity index (χ1v) is 10.9. The number of amides is 2. The van der Waals surface area contributed by atoms with Gasteiger partial charge in [-0.15, -0.1) is 0 Å².